The van der Waals surface area contributed by atoms with Crippen LogP contribution in [0.5, 0.6) is 0 Å². The number of carbonyl (C=O) groups excluding carboxylic acids is 1. The predicted molar refractivity (Wildman–Crippen MR) is 86.0 cm³/mol. The normalized spacial score (nSPS) is 23.0. The molecule has 2 N–H and O–H groups in total. The number of aliphatic hydroxyl groups excluding tert-OH is 1. The summed E-state index contributed by atoms with van der Waals surface area (Å²) in [6.07, 6.45) is 7.90. The zero-order valence-corrected chi connectivity index (χ0v) is 12.9. The van der Waals surface area contributed by atoms with Crippen LogP contribution in [0.3, 0.4) is 0 Å². The van der Waals surface area contributed by atoms with Gasteiger partial charge in [-0.1, -0.05) is 43.0 Å². The van der Waals surface area contributed by atoms with E-state index in [4.69, 9.17) is 0 Å². The maximum atomic E-state index is 12.0. The molecule has 0 saturated heterocycles. The van der Waals surface area contributed by atoms with Gasteiger partial charge in [0, 0.05) is 6.08 Å². The third kappa shape index (κ3) is 4.71. The Morgan fingerprint density at radius 2 is 2.00 bits per heavy atom. The van der Waals surface area contributed by atoms with Crippen molar-refractivity contribution in [1.82, 2.24) is 5.32 Å². The molecule has 114 valence electrons. The summed E-state index contributed by atoms with van der Waals surface area (Å²) < 4.78 is 0. The van der Waals surface area contributed by atoms with Gasteiger partial charge in [-0.25, -0.2) is 0 Å². The monoisotopic (exact) mass is 287 g/mol. The highest BCUT2D eigenvalue weighted by molar-refractivity contribution is 5.92. The fourth-order valence-corrected chi connectivity index (χ4v) is 2.87. The quantitative estimate of drug-likeness (QED) is 0.663. The van der Waals surface area contributed by atoms with Gasteiger partial charge in [0.1, 0.15) is 0 Å². The standard InChI is InChI=1S/C18H25NO2/c1-13-8-9-15(14(2)12-13)10-11-18(21)19-16-6-4-3-5-7-17(16)20/h8-12,16-17,20H,3-7H2,1-2H3,(H,19,21)/b11-10+. The van der Waals surface area contributed by atoms with Gasteiger partial charge in [-0.15, -0.1) is 0 Å². The second kappa shape index (κ2) is 7.41. The van der Waals surface area contributed by atoms with Crippen LogP contribution >= 0.6 is 0 Å². The molecule has 3 heteroatoms. The number of aryl methyl sites for hydroxylation is 2. The number of hydrogen-bond donors (Lipinski definition) is 2. The van der Waals surface area contributed by atoms with E-state index in [9.17, 15) is 9.90 Å². The molecule has 0 heterocycles. The first-order chi connectivity index (χ1) is 10.1. The van der Waals surface area contributed by atoms with Crippen molar-refractivity contribution in [2.45, 2.75) is 58.1 Å². The lowest BCUT2D eigenvalue weighted by molar-refractivity contribution is -0.118. The van der Waals surface area contributed by atoms with Crippen molar-refractivity contribution in [3.8, 4) is 0 Å². The Bertz CT molecular complexity index is 522. The molecule has 2 atom stereocenters. The van der Waals surface area contributed by atoms with Crippen molar-refractivity contribution < 1.29 is 9.90 Å². The Balaban J connectivity index is 1.95. The average molecular weight is 287 g/mol. The molecule has 1 aliphatic carbocycles. The molecule has 0 bridgehead atoms. The molecule has 3 nitrogen and oxygen atoms in total. The number of nitrogens with one attached hydrogen (secondary N) is 1. The second-order valence-electron chi connectivity index (χ2n) is 6.01. The van der Waals surface area contributed by atoms with E-state index in [-0.39, 0.29) is 11.9 Å². The molecule has 1 amide bonds. The highest BCUT2D eigenvalue weighted by Gasteiger charge is 2.22. The molecule has 1 aromatic rings. The SMILES string of the molecule is Cc1ccc(/C=C/C(=O)NC2CCCCCC2O)c(C)c1. The second-order valence-corrected chi connectivity index (χ2v) is 6.01. The molecular formula is C18H25NO2. The van der Waals surface area contributed by atoms with E-state index < -0.39 is 6.10 Å². The van der Waals surface area contributed by atoms with Crippen LogP contribution in [0.15, 0.2) is 24.3 Å². The van der Waals surface area contributed by atoms with Gasteiger partial charge in [-0.3, -0.25) is 4.79 Å². The molecule has 0 spiro atoms. The van der Waals surface area contributed by atoms with Crippen molar-refractivity contribution in [3.05, 3.63) is 41.0 Å². The molecule has 1 fully saturated rings. The van der Waals surface area contributed by atoms with Gasteiger partial charge in [0.25, 0.3) is 0 Å². The first-order valence-corrected chi connectivity index (χ1v) is 7.80. The van der Waals surface area contributed by atoms with Gasteiger partial charge in [-0.2, -0.15) is 0 Å². The highest BCUT2D eigenvalue weighted by Crippen LogP contribution is 2.18. The van der Waals surface area contributed by atoms with E-state index in [1.165, 1.54) is 5.56 Å². The van der Waals surface area contributed by atoms with E-state index >= 15 is 0 Å². The molecule has 21 heavy (non-hydrogen) atoms. The molecule has 2 unspecified atom stereocenters. The maximum Gasteiger partial charge on any atom is 0.244 e. The minimum Gasteiger partial charge on any atom is -0.391 e. The fraction of sp³-hybridized carbons (Fsp3) is 0.500. The smallest absolute Gasteiger partial charge is 0.244 e. The minimum absolute atomic E-state index is 0.108. The van der Waals surface area contributed by atoms with Crippen molar-refractivity contribution in [2.24, 2.45) is 0 Å². The largest absolute Gasteiger partial charge is 0.391 e. The molecule has 0 radical (unpaired) electrons. The Morgan fingerprint density at radius 3 is 2.76 bits per heavy atom. The van der Waals surface area contributed by atoms with Crippen LogP contribution in [0.2, 0.25) is 0 Å². The summed E-state index contributed by atoms with van der Waals surface area (Å²) in [7, 11) is 0. The Hall–Kier alpha value is -1.61. The lowest BCUT2D eigenvalue weighted by Crippen LogP contribution is -2.41. The lowest BCUT2D eigenvalue weighted by atomic mass is 10.0. The van der Waals surface area contributed by atoms with Crippen molar-refractivity contribution >= 4 is 12.0 Å². The Morgan fingerprint density at radius 1 is 1.24 bits per heavy atom. The van der Waals surface area contributed by atoms with E-state index in [0.717, 1.165) is 43.2 Å². The Kier molecular flexibility index (Phi) is 5.57. The first-order valence-electron chi connectivity index (χ1n) is 7.80. The van der Waals surface area contributed by atoms with Crippen LogP contribution in [0.4, 0.5) is 0 Å². The molecule has 2 rings (SSSR count). The number of amides is 1. The first kappa shape index (κ1) is 15.8. The third-order valence-corrected chi connectivity index (χ3v) is 4.15. The number of carbonyl (C=O) groups is 1. The van der Waals surface area contributed by atoms with Gasteiger partial charge in [0.05, 0.1) is 12.1 Å². The van der Waals surface area contributed by atoms with Gasteiger partial charge >= 0.3 is 0 Å². The summed E-state index contributed by atoms with van der Waals surface area (Å²) in [4.78, 5) is 12.0. The fourth-order valence-electron chi connectivity index (χ4n) is 2.87. The zero-order valence-electron chi connectivity index (χ0n) is 12.9. The number of benzene rings is 1. The van der Waals surface area contributed by atoms with Crippen LogP contribution in [0.1, 0.15) is 48.8 Å². The average Bonchev–Trinajstić information content (AvgIpc) is 2.63. The van der Waals surface area contributed by atoms with E-state index in [1.807, 2.05) is 25.1 Å². The third-order valence-electron chi connectivity index (χ3n) is 4.15. The van der Waals surface area contributed by atoms with Crippen LogP contribution in [0, 0.1) is 13.8 Å². The number of rotatable bonds is 3. The molecule has 1 aromatic carbocycles. The highest BCUT2D eigenvalue weighted by atomic mass is 16.3. The summed E-state index contributed by atoms with van der Waals surface area (Å²) >= 11 is 0. The van der Waals surface area contributed by atoms with Crippen LogP contribution in [-0.2, 0) is 4.79 Å². The summed E-state index contributed by atoms with van der Waals surface area (Å²) in [5.41, 5.74) is 3.43. The Labute approximate surface area is 127 Å². The van der Waals surface area contributed by atoms with Crippen LogP contribution in [-0.4, -0.2) is 23.2 Å². The topological polar surface area (TPSA) is 49.3 Å². The van der Waals surface area contributed by atoms with Crippen molar-refractivity contribution in [1.29, 1.82) is 0 Å². The molecule has 1 saturated carbocycles. The summed E-state index contributed by atoms with van der Waals surface area (Å²) in [5, 5.41) is 13.0. The van der Waals surface area contributed by atoms with Gasteiger partial charge < -0.3 is 10.4 Å². The van der Waals surface area contributed by atoms with Gasteiger partial charge in [-0.05, 0) is 43.9 Å². The number of hydrogen-bond acceptors (Lipinski definition) is 2. The summed E-state index contributed by atoms with van der Waals surface area (Å²) in [5.74, 6) is -0.124. The van der Waals surface area contributed by atoms with Crippen molar-refractivity contribution in [2.75, 3.05) is 0 Å². The van der Waals surface area contributed by atoms with E-state index in [2.05, 4.69) is 18.3 Å². The predicted octanol–water partition coefficient (Wildman–Crippen LogP) is 3.13. The zero-order chi connectivity index (χ0) is 15.2. The molecule has 1 aliphatic rings. The molecule has 0 aromatic heterocycles. The summed E-state index contributed by atoms with van der Waals surface area (Å²) in [6, 6.07) is 6.06. The van der Waals surface area contributed by atoms with Crippen LogP contribution < -0.4 is 5.32 Å². The maximum absolute atomic E-state index is 12.0. The van der Waals surface area contributed by atoms with Crippen molar-refractivity contribution in [3.63, 3.8) is 0 Å². The summed E-state index contributed by atoms with van der Waals surface area (Å²) in [6.45, 7) is 4.10. The number of aliphatic hydroxyl groups is 1. The minimum atomic E-state index is -0.411. The van der Waals surface area contributed by atoms with Gasteiger partial charge in [0.2, 0.25) is 5.91 Å². The van der Waals surface area contributed by atoms with E-state index in [1.54, 1.807) is 6.08 Å². The lowest BCUT2D eigenvalue weighted by Gasteiger charge is -2.20. The molecular weight excluding hydrogens is 262 g/mol. The van der Waals surface area contributed by atoms with Crippen LogP contribution in [0.25, 0.3) is 6.08 Å². The molecule has 0 aliphatic heterocycles. The van der Waals surface area contributed by atoms with Gasteiger partial charge in [0.15, 0.2) is 0 Å². The van der Waals surface area contributed by atoms with E-state index in [0.29, 0.717) is 0 Å².